The van der Waals surface area contributed by atoms with Crippen LogP contribution in [0.4, 0.5) is 0 Å². The van der Waals surface area contributed by atoms with Crippen molar-refractivity contribution in [2.75, 3.05) is 26.7 Å². The summed E-state index contributed by atoms with van der Waals surface area (Å²) < 4.78 is 13.0. The Bertz CT molecular complexity index is 771. The van der Waals surface area contributed by atoms with Gasteiger partial charge >= 0.3 is 5.91 Å². The summed E-state index contributed by atoms with van der Waals surface area (Å²) in [6.45, 7) is 15.3. The highest BCUT2D eigenvalue weighted by Crippen LogP contribution is 2.36. The molecule has 0 saturated carbocycles. The summed E-state index contributed by atoms with van der Waals surface area (Å²) in [6, 6.07) is 5.87. The first-order valence-electron chi connectivity index (χ1n) is 12.7. The van der Waals surface area contributed by atoms with Crippen molar-refractivity contribution in [2.24, 2.45) is 0 Å². The lowest BCUT2D eigenvalue weighted by molar-refractivity contribution is -0.837. The van der Waals surface area contributed by atoms with Gasteiger partial charge in [0.05, 0.1) is 44.0 Å². The number of amides is 1. The van der Waals surface area contributed by atoms with Gasteiger partial charge in [0.2, 0.25) is 0 Å². The molecule has 32 heavy (non-hydrogen) atoms. The van der Waals surface area contributed by atoms with Gasteiger partial charge in [-0.1, -0.05) is 39.3 Å². The fourth-order valence-electron chi connectivity index (χ4n) is 4.49. The molecule has 1 amide bonds. The molecule has 4 nitrogen and oxygen atoms in total. The van der Waals surface area contributed by atoms with Gasteiger partial charge < -0.3 is 9.47 Å². The van der Waals surface area contributed by atoms with Crippen molar-refractivity contribution in [2.45, 2.75) is 98.2 Å². The van der Waals surface area contributed by atoms with Crippen molar-refractivity contribution in [3.05, 3.63) is 41.0 Å². The van der Waals surface area contributed by atoms with Crippen molar-refractivity contribution in [3.63, 3.8) is 0 Å². The minimum absolute atomic E-state index is 0.154. The summed E-state index contributed by atoms with van der Waals surface area (Å²) in [5.41, 5.74) is 3.07. The summed E-state index contributed by atoms with van der Waals surface area (Å²) in [5, 5.41) is 0. The Kier molecular flexibility index (Phi) is 9.97. The molecular weight excluding hydrogens is 398 g/mol. The number of aryl methyl sites for hydroxylation is 1. The molecule has 1 aromatic rings. The summed E-state index contributed by atoms with van der Waals surface area (Å²) >= 11 is 0. The van der Waals surface area contributed by atoms with E-state index >= 15 is 0 Å². The van der Waals surface area contributed by atoms with Crippen LogP contribution < -0.4 is 4.74 Å². The third-order valence-corrected chi connectivity index (χ3v) is 7.20. The van der Waals surface area contributed by atoms with Gasteiger partial charge in [0.25, 0.3) is 0 Å². The number of rotatable bonds is 11. The van der Waals surface area contributed by atoms with Crippen LogP contribution in [-0.2, 0) is 4.74 Å². The number of carbonyl (C=O) groups is 1. The molecule has 0 atom stereocenters. The van der Waals surface area contributed by atoms with Crippen LogP contribution in [0.1, 0.15) is 95.5 Å². The van der Waals surface area contributed by atoms with E-state index in [4.69, 9.17) is 9.47 Å². The number of likely N-dealkylation sites (tertiary alicyclic amines) is 1. The number of piperidine rings is 1. The van der Waals surface area contributed by atoms with Gasteiger partial charge in [-0.25, -0.2) is 4.79 Å². The van der Waals surface area contributed by atoms with E-state index in [1.54, 1.807) is 0 Å². The van der Waals surface area contributed by atoms with Gasteiger partial charge in [-0.15, -0.1) is 0 Å². The molecule has 2 rings (SSSR count). The number of ether oxygens (including phenoxy) is 2. The normalized spacial score (nSPS) is 24.1. The highest BCUT2D eigenvalue weighted by Gasteiger charge is 2.45. The van der Waals surface area contributed by atoms with E-state index in [2.05, 4.69) is 47.7 Å². The summed E-state index contributed by atoms with van der Waals surface area (Å²) in [7, 11) is 2.09. The van der Waals surface area contributed by atoms with Crippen LogP contribution in [0.15, 0.2) is 29.8 Å². The van der Waals surface area contributed by atoms with E-state index in [9.17, 15) is 4.79 Å². The molecule has 0 radical (unpaired) electrons. The summed E-state index contributed by atoms with van der Waals surface area (Å²) in [6.07, 6.45) is 9.53. The van der Waals surface area contributed by atoms with Crippen molar-refractivity contribution < 1.29 is 18.8 Å². The molecule has 0 N–H and O–H groups in total. The zero-order valence-corrected chi connectivity index (χ0v) is 21.6. The van der Waals surface area contributed by atoms with Crippen LogP contribution in [0.2, 0.25) is 0 Å². The quantitative estimate of drug-likeness (QED) is 0.276. The molecule has 4 heteroatoms. The van der Waals surface area contributed by atoms with Crippen LogP contribution in [0.25, 0.3) is 0 Å². The van der Waals surface area contributed by atoms with E-state index in [1.807, 2.05) is 25.1 Å². The third-order valence-electron chi connectivity index (χ3n) is 7.20. The number of benzene rings is 1. The molecule has 1 fully saturated rings. The highest BCUT2D eigenvalue weighted by atomic mass is 16.5. The number of quaternary nitrogens is 1. The summed E-state index contributed by atoms with van der Waals surface area (Å²) in [4.78, 5) is 13.5. The smallest absolute Gasteiger partial charge is 0.345 e. The first-order valence-corrected chi connectivity index (χ1v) is 12.7. The molecule has 1 aliphatic rings. The maximum atomic E-state index is 13.5. The fourth-order valence-corrected chi connectivity index (χ4v) is 4.49. The maximum Gasteiger partial charge on any atom is 0.345 e. The molecule has 0 aromatic heterocycles. The number of allylic oxidation sites excluding steroid dienone is 1. The second-order valence-corrected chi connectivity index (χ2v) is 9.82. The SMILES string of the molecule is CCCOc1ccc(C(=O)[N+]2(C)CCC(CC=C(C)CC)(OC(CC)CC)CC2)cc1C. The van der Waals surface area contributed by atoms with Gasteiger partial charge in [0.15, 0.2) is 0 Å². The Hall–Kier alpha value is -1.65. The zero-order chi connectivity index (χ0) is 23.8. The van der Waals surface area contributed by atoms with Crippen molar-refractivity contribution >= 4 is 5.91 Å². The molecule has 0 unspecified atom stereocenters. The van der Waals surface area contributed by atoms with E-state index in [1.165, 1.54) is 5.57 Å². The Morgan fingerprint density at radius 2 is 1.81 bits per heavy atom. The van der Waals surface area contributed by atoms with E-state index in [0.717, 1.165) is 74.9 Å². The lowest BCUT2D eigenvalue weighted by Gasteiger charge is -2.46. The Morgan fingerprint density at radius 1 is 1.16 bits per heavy atom. The zero-order valence-electron chi connectivity index (χ0n) is 21.6. The minimum atomic E-state index is -0.154. The first kappa shape index (κ1) is 26.6. The Labute approximate surface area is 196 Å². The lowest BCUT2D eigenvalue weighted by Crippen LogP contribution is -2.59. The van der Waals surface area contributed by atoms with Gasteiger partial charge in [0, 0.05) is 12.8 Å². The van der Waals surface area contributed by atoms with Crippen LogP contribution in [0, 0.1) is 6.92 Å². The summed E-state index contributed by atoms with van der Waals surface area (Å²) in [5.74, 6) is 1.08. The van der Waals surface area contributed by atoms with Gasteiger partial charge in [-0.3, -0.25) is 4.48 Å². The molecule has 0 bridgehead atoms. The van der Waals surface area contributed by atoms with Gasteiger partial charge in [0.1, 0.15) is 5.75 Å². The van der Waals surface area contributed by atoms with E-state index in [-0.39, 0.29) is 17.6 Å². The van der Waals surface area contributed by atoms with Gasteiger partial charge in [-0.2, -0.15) is 0 Å². The van der Waals surface area contributed by atoms with Crippen LogP contribution in [-0.4, -0.2) is 48.8 Å². The molecule has 1 saturated heterocycles. The monoisotopic (exact) mass is 444 g/mol. The maximum absolute atomic E-state index is 13.5. The predicted molar refractivity (Wildman–Crippen MR) is 133 cm³/mol. The predicted octanol–water partition coefficient (Wildman–Crippen LogP) is 6.85. The van der Waals surface area contributed by atoms with Crippen LogP contribution >= 0.6 is 0 Å². The lowest BCUT2D eigenvalue weighted by atomic mass is 9.85. The fraction of sp³-hybridized carbons (Fsp3) is 0.679. The van der Waals surface area contributed by atoms with Gasteiger partial charge in [-0.05, 0) is 69.7 Å². The molecule has 1 aliphatic heterocycles. The molecule has 0 spiro atoms. The molecule has 180 valence electrons. The average Bonchev–Trinajstić information content (AvgIpc) is 2.81. The molecule has 1 heterocycles. The number of carbonyl (C=O) groups excluding carboxylic acids is 1. The number of nitrogens with zero attached hydrogens (tertiary/aromatic N) is 1. The topological polar surface area (TPSA) is 35.5 Å². The number of hydrogen-bond donors (Lipinski definition) is 0. The van der Waals surface area contributed by atoms with E-state index in [0.29, 0.717) is 11.1 Å². The van der Waals surface area contributed by atoms with Crippen molar-refractivity contribution in [1.29, 1.82) is 0 Å². The first-order chi connectivity index (χ1) is 15.2. The van der Waals surface area contributed by atoms with Crippen LogP contribution in [0.3, 0.4) is 0 Å². The number of hydrogen-bond acceptors (Lipinski definition) is 3. The third kappa shape index (κ3) is 6.68. The van der Waals surface area contributed by atoms with Crippen LogP contribution in [0.5, 0.6) is 5.75 Å². The second kappa shape index (κ2) is 12.0. The van der Waals surface area contributed by atoms with E-state index < -0.39 is 0 Å². The standard InChI is InChI=1S/C28H46NO3/c1-8-20-31-26-13-12-24(21-23(26)6)27(30)29(7)18-16-28(17-19-29,15-14-22(5)9-2)32-25(10-3)11-4/h12-14,21,25H,8-11,15-20H2,1-7H3/q+1. The highest BCUT2D eigenvalue weighted by molar-refractivity contribution is 5.89. The average molecular weight is 445 g/mol. The molecule has 1 aromatic carbocycles. The Morgan fingerprint density at radius 3 is 2.34 bits per heavy atom. The molecule has 0 aliphatic carbocycles. The van der Waals surface area contributed by atoms with Crippen molar-refractivity contribution in [3.8, 4) is 5.75 Å². The second-order valence-electron chi connectivity index (χ2n) is 9.82. The van der Waals surface area contributed by atoms with Crippen molar-refractivity contribution in [1.82, 2.24) is 0 Å². The minimum Gasteiger partial charge on any atom is -0.493 e. The Balaban J connectivity index is 2.17. The molecular formula is C28H46NO3+. The largest absolute Gasteiger partial charge is 0.493 e.